The number of aromatic amines is 2. The average Bonchev–Trinajstić information content (AvgIpc) is 2.78. The molecule has 0 fully saturated rings. The number of hydrogen-bond donors (Lipinski definition) is 3. The first-order valence-electron chi connectivity index (χ1n) is 9.82. The molecule has 0 unspecified atom stereocenters. The molecule has 11 heteroatoms. The summed E-state index contributed by atoms with van der Waals surface area (Å²) in [6, 6.07) is 4.69. The van der Waals surface area contributed by atoms with E-state index in [4.69, 9.17) is 9.47 Å². The summed E-state index contributed by atoms with van der Waals surface area (Å²) in [6.07, 6.45) is 2.74. The van der Waals surface area contributed by atoms with Gasteiger partial charge in [-0.05, 0) is 18.2 Å². The summed E-state index contributed by atoms with van der Waals surface area (Å²) in [4.78, 5) is 55.7. The molecule has 1 aliphatic rings. The Labute approximate surface area is 185 Å². The van der Waals surface area contributed by atoms with Gasteiger partial charge in [0, 0.05) is 18.7 Å². The Bertz CT molecular complexity index is 1520. The molecule has 0 spiro atoms. The van der Waals surface area contributed by atoms with Gasteiger partial charge in [-0.25, -0.2) is 9.59 Å². The average molecular weight is 452 g/mol. The summed E-state index contributed by atoms with van der Waals surface area (Å²) in [5.41, 5.74) is -3.26. The molecule has 0 amide bonds. The highest BCUT2D eigenvalue weighted by molar-refractivity contribution is 5.58. The van der Waals surface area contributed by atoms with Crippen molar-refractivity contribution in [2.75, 3.05) is 7.11 Å². The number of nitrogens with zero attached hydrogens (tertiary/aromatic N) is 2. The number of nitrogens with one attached hydrogen (secondary N) is 2. The molecule has 0 radical (unpaired) electrons. The van der Waals surface area contributed by atoms with Gasteiger partial charge in [0.1, 0.15) is 11.5 Å². The quantitative estimate of drug-likeness (QED) is 0.366. The van der Waals surface area contributed by atoms with Gasteiger partial charge in [0.15, 0.2) is 0 Å². The summed E-state index contributed by atoms with van der Waals surface area (Å²) in [5.74, 6) is -1.38. The first kappa shape index (κ1) is 21.7. The van der Waals surface area contributed by atoms with Crippen molar-refractivity contribution in [1.29, 1.82) is 0 Å². The number of ether oxygens (including phenoxy) is 2. The molecule has 33 heavy (non-hydrogen) atoms. The van der Waals surface area contributed by atoms with E-state index in [1.807, 2.05) is 0 Å². The van der Waals surface area contributed by atoms with Crippen LogP contribution in [0.3, 0.4) is 0 Å². The summed E-state index contributed by atoms with van der Waals surface area (Å²) in [5, 5.41) is 11.0. The second-order valence-electron chi connectivity index (χ2n) is 7.21. The Hall–Kier alpha value is -4.54. The van der Waals surface area contributed by atoms with Crippen molar-refractivity contribution in [3.63, 3.8) is 0 Å². The summed E-state index contributed by atoms with van der Waals surface area (Å²) >= 11 is 0. The zero-order chi connectivity index (χ0) is 23.9. The molecular formula is C22H20N4O7. The van der Waals surface area contributed by atoms with Gasteiger partial charge < -0.3 is 14.6 Å². The third kappa shape index (κ3) is 3.39. The number of fused-ring (bicyclic) bond motifs is 2. The Morgan fingerprint density at radius 3 is 2.39 bits per heavy atom. The van der Waals surface area contributed by atoms with E-state index in [0.717, 1.165) is 9.13 Å². The molecular weight excluding hydrogens is 432 g/mol. The Balaban J connectivity index is 2.16. The minimum Gasteiger partial charge on any atom is -0.497 e. The maximum Gasteiger partial charge on any atom is 0.331 e. The standard InChI is InChI=1S/C22H20N4O7/c1-4-8-25-19(28)15(17(27)23-21(25)30)14-12-10-11(32-3)6-7-13(12)33-18-16(14)20(29)26(9-5-2)22(31)24-18/h4-7,10,14,28H,1-2,8-9H2,3H3,(H,24,31)(H,23,27,30)/t14-/m1/s1. The lowest BCUT2D eigenvalue weighted by molar-refractivity contribution is 0.388. The molecule has 0 saturated heterocycles. The van der Waals surface area contributed by atoms with Gasteiger partial charge in [-0.2, -0.15) is 0 Å². The normalized spacial score (nSPS) is 14.0. The van der Waals surface area contributed by atoms with Gasteiger partial charge in [-0.3, -0.25) is 28.7 Å². The van der Waals surface area contributed by atoms with E-state index in [9.17, 15) is 24.3 Å². The van der Waals surface area contributed by atoms with Gasteiger partial charge in [0.2, 0.25) is 11.8 Å². The van der Waals surface area contributed by atoms with Crippen molar-refractivity contribution < 1.29 is 14.6 Å². The van der Waals surface area contributed by atoms with Crippen LogP contribution in [-0.4, -0.2) is 31.3 Å². The number of rotatable bonds is 6. The van der Waals surface area contributed by atoms with Crippen LogP contribution in [0.2, 0.25) is 0 Å². The van der Waals surface area contributed by atoms with Crippen LogP contribution in [0.25, 0.3) is 0 Å². The predicted octanol–water partition coefficient (Wildman–Crippen LogP) is 0.759. The molecule has 3 N–H and O–H groups in total. The van der Waals surface area contributed by atoms with Gasteiger partial charge in [-0.15, -0.1) is 13.2 Å². The highest BCUT2D eigenvalue weighted by Gasteiger charge is 2.38. The lowest BCUT2D eigenvalue weighted by Gasteiger charge is -2.28. The fraction of sp³-hybridized carbons (Fsp3) is 0.182. The minimum atomic E-state index is -1.19. The smallest absolute Gasteiger partial charge is 0.331 e. The maximum absolute atomic E-state index is 13.4. The van der Waals surface area contributed by atoms with Gasteiger partial charge in [0.25, 0.3) is 11.1 Å². The van der Waals surface area contributed by atoms with E-state index >= 15 is 0 Å². The van der Waals surface area contributed by atoms with Crippen LogP contribution in [-0.2, 0) is 13.1 Å². The summed E-state index contributed by atoms with van der Waals surface area (Å²) in [7, 11) is 1.44. The molecule has 0 saturated carbocycles. The van der Waals surface area contributed by atoms with Crippen LogP contribution in [0.1, 0.15) is 22.6 Å². The van der Waals surface area contributed by atoms with Crippen molar-refractivity contribution in [3.05, 3.63) is 102 Å². The van der Waals surface area contributed by atoms with Crippen LogP contribution in [0.15, 0.2) is 62.7 Å². The Morgan fingerprint density at radius 2 is 1.73 bits per heavy atom. The van der Waals surface area contributed by atoms with E-state index < -0.39 is 34.3 Å². The van der Waals surface area contributed by atoms with Crippen molar-refractivity contribution in [2.24, 2.45) is 0 Å². The number of methoxy groups -OCH3 is 1. The van der Waals surface area contributed by atoms with Crippen LogP contribution >= 0.6 is 0 Å². The highest BCUT2D eigenvalue weighted by Crippen LogP contribution is 2.46. The Kier molecular flexibility index (Phi) is 5.38. The van der Waals surface area contributed by atoms with E-state index in [1.54, 1.807) is 18.2 Å². The van der Waals surface area contributed by atoms with Gasteiger partial charge in [-0.1, -0.05) is 12.2 Å². The van der Waals surface area contributed by atoms with E-state index in [0.29, 0.717) is 11.3 Å². The van der Waals surface area contributed by atoms with Crippen molar-refractivity contribution in [3.8, 4) is 23.3 Å². The second kappa shape index (κ2) is 8.19. The zero-order valence-corrected chi connectivity index (χ0v) is 17.6. The van der Waals surface area contributed by atoms with E-state index in [-0.39, 0.29) is 35.8 Å². The first-order chi connectivity index (χ1) is 15.8. The fourth-order valence-corrected chi connectivity index (χ4v) is 3.87. The predicted molar refractivity (Wildman–Crippen MR) is 119 cm³/mol. The fourth-order valence-electron chi connectivity index (χ4n) is 3.87. The van der Waals surface area contributed by atoms with Crippen LogP contribution in [0.4, 0.5) is 0 Å². The van der Waals surface area contributed by atoms with E-state index in [1.165, 1.54) is 19.3 Å². The molecule has 0 bridgehead atoms. The number of benzene rings is 1. The minimum absolute atomic E-state index is 0.0954. The number of aromatic hydroxyl groups is 1. The largest absolute Gasteiger partial charge is 0.497 e. The summed E-state index contributed by atoms with van der Waals surface area (Å²) < 4.78 is 12.9. The molecule has 4 rings (SSSR count). The van der Waals surface area contributed by atoms with E-state index in [2.05, 4.69) is 23.1 Å². The third-order valence-electron chi connectivity index (χ3n) is 5.33. The zero-order valence-electron chi connectivity index (χ0n) is 17.6. The number of allylic oxidation sites excluding steroid dienone is 2. The second-order valence-corrected chi connectivity index (χ2v) is 7.21. The van der Waals surface area contributed by atoms with Crippen LogP contribution in [0.5, 0.6) is 23.3 Å². The van der Waals surface area contributed by atoms with Crippen LogP contribution in [0, 0.1) is 0 Å². The first-order valence-corrected chi connectivity index (χ1v) is 9.82. The molecule has 2 aromatic heterocycles. The van der Waals surface area contributed by atoms with Crippen molar-refractivity contribution in [1.82, 2.24) is 19.1 Å². The van der Waals surface area contributed by atoms with Gasteiger partial charge in [0.05, 0.1) is 24.2 Å². The molecule has 1 aliphatic heterocycles. The molecule has 170 valence electrons. The molecule has 1 aromatic carbocycles. The lowest BCUT2D eigenvalue weighted by atomic mass is 9.84. The van der Waals surface area contributed by atoms with Crippen LogP contribution < -0.4 is 32.0 Å². The molecule has 1 atom stereocenters. The lowest BCUT2D eigenvalue weighted by Crippen LogP contribution is -2.41. The number of hydrogen-bond acceptors (Lipinski definition) is 7. The Morgan fingerprint density at radius 1 is 1.06 bits per heavy atom. The third-order valence-corrected chi connectivity index (χ3v) is 5.33. The number of H-pyrrole nitrogens is 2. The number of aromatic nitrogens is 4. The van der Waals surface area contributed by atoms with Crippen molar-refractivity contribution in [2.45, 2.75) is 19.0 Å². The maximum atomic E-state index is 13.4. The van der Waals surface area contributed by atoms with Gasteiger partial charge >= 0.3 is 11.4 Å². The highest BCUT2D eigenvalue weighted by atomic mass is 16.5. The molecule has 3 heterocycles. The summed E-state index contributed by atoms with van der Waals surface area (Å²) in [6.45, 7) is 6.91. The molecule has 11 nitrogen and oxygen atoms in total. The molecule has 3 aromatic rings. The molecule has 0 aliphatic carbocycles. The SMILES string of the molecule is C=CCn1c(O)c([C@H]2c3cc(OC)ccc3Oc3[nH]c(=O)n(CC=C)c(=O)c32)c(=O)[nH]c1=O. The topological polar surface area (TPSA) is 148 Å². The van der Waals surface area contributed by atoms with Crippen molar-refractivity contribution >= 4 is 0 Å². The monoisotopic (exact) mass is 452 g/mol.